The molecule has 0 aliphatic carbocycles. The van der Waals surface area contributed by atoms with E-state index in [4.69, 9.17) is 9.47 Å². The molecule has 2 aliphatic heterocycles. The lowest BCUT2D eigenvalue weighted by Crippen LogP contribution is -2.29. The molecule has 2 heterocycles. The molecule has 0 spiro atoms. The normalized spacial score (nSPS) is 18.8. The fourth-order valence-electron chi connectivity index (χ4n) is 4.52. The zero-order valence-electron chi connectivity index (χ0n) is 19.0. The van der Waals surface area contributed by atoms with Crippen LogP contribution in [0.4, 0.5) is 18.9 Å². The molecular weight excluding hydrogens is 475 g/mol. The Morgan fingerprint density at radius 2 is 1.81 bits per heavy atom. The van der Waals surface area contributed by atoms with E-state index in [1.54, 1.807) is 42.5 Å². The maximum Gasteiger partial charge on any atom is 0.416 e. The van der Waals surface area contributed by atoms with Gasteiger partial charge in [0.15, 0.2) is 0 Å². The minimum absolute atomic E-state index is 0.117. The molecule has 0 bridgehead atoms. The summed E-state index contributed by atoms with van der Waals surface area (Å²) < 4.78 is 50.9. The van der Waals surface area contributed by atoms with Crippen LogP contribution in [0.2, 0.25) is 0 Å². The largest absolute Gasteiger partial charge is 0.507 e. The lowest BCUT2D eigenvalue weighted by Gasteiger charge is -2.26. The molecule has 1 atom stereocenters. The van der Waals surface area contributed by atoms with Crippen molar-refractivity contribution >= 4 is 23.1 Å². The van der Waals surface area contributed by atoms with Gasteiger partial charge < -0.3 is 14.6 Å². The Hall–Kier alpha value is -4.27. The second-order valence-corrected chi connectivity index (χ2v) is 8.41. The SMILES string of the molecule is COc1ccc(C2/C(=C(/O)c3ccc4c(c3)CCO4)C(=O)C(=O)N2c2cccc(C(F)(F)F)c2)cc1. The molecule has 184 valence electrons. The maximum atomic E-state index is 13.4. The van der Waals surface area contributed by atoms with Gasteiger partial charge in [-0.2, -0.15) is 13.2 Å². The number of anilines is 1. The first-order chi connectivity index (χ1) is 17.2. The summed E-state index contributed by atoms with van der Waals surface area (Å²) in [6.45, 7) is 0.491. The van der Waals surface area contributed by atoms with Gasteiger partial charge in [-0.25, -0.2) is 0 Å². The highest BCUT2D eigenvalue weighted by atomic mass is 19.4. The first-order valence-electron chi connectivity index (χ1n) is 11.1. The van der Waals surface area contributed by atoms with E-state index in [0.717, 1.165) is 22.6 Å². The first kappa shape index (κ1) is 23.5. The number of Topliss-reactive ketones (excluding diaryl/α,β-unsaturated/α-hetero) is 1. The van der Waals surface area contributed by atoms with Crippen LogP contribution in [0.5, 0.6) is 11.5 Å². The first-order valence-corrected chi connectivity index (χ1v) is 11.1. The average Bonchev–Trinajstić information content (AvgIpc) is 3.45. The predicted molar refractivity (Wildman–Crippen MR) is 125 cm³/mol. The number of ketones is 1. The monoisotopic (exact) mass is 495 g/mol. The van der Waals surface area contributed by atoms with Crippen LogP contribution in [0.15, 0.2) is 72.3 Å². The number of hydrogen-bond donors (Lipinski definition) is 1. The van der Waals surface area contributed by atoms with E-state index in [-0.39, 0.29) is 11.3 Å². The van der Waals surface area contributed by atoms with Crippen LogP contribution in [-0.4, -0.2) is 30.5 Å². The second kappa shape index (κ2) is 8.75. The van der Waals surface area contributed by atoms with Crippen LogP contribution in [0.1, 0.15) is 28.3 Å². The Balaban J connectivity index is 1.69. The number of ether oxygens (including phenoxy) is 2. The molecule has 3 aromatic carbocycles. The molecule has 5 rings (SSSR count). The van der Waals surface area contributed by atoms with Gasteiger partial charge in [-0.05, 0) is 59.7 Å². The molecule has 0 radical (unpaired) electrons. The number of nitrogens with zero attached hydrogens (tertiary/aromatic N) is 1. The number of benzene rings is 3. The molecule has 0 aromatic heterocycles. The summed E-state index contributed by atoms with van der Waals surface area (Å²) in [4.78, 5) is 27.4. The Morgan fingerprint density at radius 3 is 2.50 bits per heavy atom. The third-order valence-corrected chi connectivity index (χ3v) is 6.29. The molecule has 1 unspecified atom stereocenters. The van der Waals surface area contributed by atoms with Crippen molar-refractivity contribution in [2.75, 3.05) is 18.6 Å². The number of halogens is 3. The van der Waals surface area contributed by atoms with Gasteiger partial charge >= 0.3 is 6.18 Å². The lowest BCUT2D eigenvalue weighted by molar-refractivity contribution is -0.137. The van der Waals surface area contributed by atoms with Crippen molar-refractivity contribution in [2.24, 2.45) is 0 Å². The van der Waals surface area contributed by atoms with Gasteiger partial charge in [0, 0.05) is 17.7 Å². The molecule has 3 aromatic rings. The molecule has 1 N–H and O–H groups in total. The summed E-state index contributed by atoms with van der Waals surface area (Å²) in [6.07, 6.45) is -4.03. The lowest BCUT2D eigenvalue weighted by atomic mass is 9.94. The van der Waals surface area contributed by atoms with Crippen LogP contribution in [0.25, 0.3) is 5.76 Å². The standard InChI is InChI=1S/C27H20F3NO5/c1-35-20-8-5-15(6-9-20)23-22(24(32)17-7-10-21-16(13-17)11-12-36-21)25(33)26(34)31(23)19-4-2-3-18(14-19)27(28,29)30/h2-10,13-14,23,32H,11-12H2,1H3/b24-22-. The number of fused-ring (bicyclic) bond motifs is 1. The smallest absolute Gasteiger partial charge is 0.416 e. The van der Waals surface area contributed by atoms with Gasteiger partial charge in [-0.3, -0.25) is 14.5 Å². The van der Waals surface area contributed by atoms with Crippen LogP contribution >= 0.6 is 0 Å². The molecule has 6 nitrogen and oxygen atoms in total. The molecule has 9 heteroatoms. The van der Waals surface area contributed by atoms with Crippen molar-refractivity contribution in [3.63, 3.8) is 0 Å². The highest BCUT2D eigenvalue weighted by Gasteiger charge is 2.47. The molecule has 0 saturated carbocycles. The van der Waals surface area contributed by atoms with E-state index < -0.39 is 35.2 Å². The molecular formula is C27H20F3NO5. The summed E-state index contributed by atoms with van der Waals surface area (Å²) >= 11 is 0. The van der Waals surface area contributed by atoms with Crippen molar-refractivity contribution < 1.29 is 37.3 Å². The number of hydrogen-bond acceptors (Lipinski definition) is 5. The Labute approximate surface area is 204 Å². The zero-order valence-corrected chi connectivity index (χ0v) is 19.0. The molecule has 2 aliphatic rings. The molecule has 1 saturated heterocycles. The fraction of sp³-hybridized carbons (Fsp3) is 0.185. The Morgan fingerprint density at radius 1 is 1.06 bits per heavy atom. The minimum atomic E-state index is -4.65. The quantitative estimate of drug-likeness (QED) is 0.303. The Kier molecular flexibility index (Phi) is 5.70. The third kappa shape index (κ3) is 3.96. The van der Waals surface area contributed by atoms with Crippen LogP contribution in [0, 0.1) is 0 Å². The summed E-state index contributed by atoms with van der Waals surface area (Å²) in [5.41, 5.74) is 0.259. The van der Waals surface area contributed by atoms with Gasteiger partial charge in [-0.15, -0.1) is 0 Å². The average molecular weight is 495 g/mol. The van der Waals surface area contributed by atoms with E-state index in [1.165, 1.54) is 19.2 Å². The highest BCUT2D eigenvalue weighted by Crippen LogP contribution is 2.44. The number of aliphatic hydroxyl groups excluding tert-OH is 1. The fourth-order valence-corrected chi connectivity index (χ4v) is 4.52. The molecule has 1 fully saturated rings. The van der Waals surface area contributed by atoms with E-state index in [2.05, 4.69) is 0 Å². The Bertz CT molecular complexity index is 1400. The number of carbonyl (C=O) groups is 2. The molecule has 1 amide bonds. The van der Waals surface area contributed by atoms with E-state index in [1.807, 2.05) is 0 Å². The summed E-state index contributed by atoms with van der Waals surface area (Å²) in [5, 5.41) is 11.3. The van der Waals surface area contributed by atoms with Crippen molar-refractivity contribution in [1.82, 2.24) is 0 Å². The van der Waals surface area contributed by atoms with Crippen molar-refractivity contribution in [3.8, 4) is 11.5 Å². The van der Waals surface area contributed by atoms with Gasteiger partial charge in [0.25, 0.3) is 11.7 Å². The van der Waals surface area contributed by atoms with Crippen molar-refractivity contribution in [3.05, 3.63) is 94.6 Å². The topological polar surface area (TPSA) is 76.1 Å². The van der Waals surface area contributed by atoms with Crippen LogP contribution in [0.3, 0.4) is 0 Å². The van der Waals surface area contributed by atoms with E-state index >= 15 is 0 Å². The van der Waals surface area contributed by atoms with Crippen molar-refractivity contribution in [1.29, 1.82) is 0 Å². The number of rotatable bonds is 4. The van der Waals surface area contributed by atoms with Gasteiger partial charge in [0.2, 0.25) is 0 Å². The number of methoxy groups -OCH3 is 1. The van der Waals surface area contributed by atoms with Crippen molar-refractivity contribution in [2.45, 2.75) is 18.6 Å². The molecule has 36 heavy (non-hydrogen) atoms. The summed E-state index contributed by atoms with van der Waals surface area (Å²) in [6, 6.07) is 14.4. The van der Waals surface area contributed by atoms with Crippen LogP contribution in [-0.2, 0) is 22.2 Å². The van der Waals surface area contributed by atoms with Gasteiger partial charge in [0.05, 0.1) is 30.9 Å². The zero-order chi connectivity index (χ0) is 25.6. The predicted octanol–water partition coefficient (Wildman–Crippen LogP) is 5.28. The summed E-state index contributed by atoms with van der Waals surface area (Å²) in [7, 11) is 1.47. The maximum absolute atomic E-state index is 13.4. The second-order valence-electron chi connectivity index (χ2n) is 8.41. The minimum Gasteiger partial charge on any atom is -0.507 e. The number of carbonyl (C=O) groups excluding carboxylic acids is 2. The van der Waals surface area contributed by atoms with Gasteiger partial charge in [0.1, 0.15) is 17.3 Å². The number of aliphatic hydroxyl groups is 1. The van der Waals surface area contributed by atoms with Gasteiger partial charge in [-0.1, -0.05) is 18.2 Å². The van der Waals surface area contributed by atoms with Crippen LogP contribution < -0.4 is 14.4 Å². The number of alkyl halides is 3. The highest BCUT2D eigenvalue weighted by molar-refractivity contribution is 6.51. The van der Waals surface area contributed by atoms with E-state index in [0.29, 0.717) is 35.7 Å². The number of amides is 1. The third-order valence-electron chi connectivity index (χ3n) is 6.29. The van der Waals surface area contributed by atoms with E-state index in [9.17, 15) is 27.9 Å². The summed E-state index contributed by atoms with van der Waals surface area (Å²) in [5.74, 6) is -1.28.